The highest BCUT2D eigenvalue weighted by Gasteiger charge is 2.46. The van der Waals surface area contributed by atoms with Gasteiger partial charge >= 0.3 is 0 Å². The molecule has 0 saturated heterocycles. The topological polar surface area (TPSA) is 28.3 Å². The zero-order valence-corrected chi connectivity index (χ0v) is 15.2. The first kappa shape index (κ1) is 14.9. The van der Waals surface area contributed by atoms with Crippen LogP contribution in [0.15, 0.2) is 42.5 Å². The second-order valence-electron chi connectivity index (χ2n) is 8.12. The molecule has 2 atom stereocenters. The lowest BCUT2D eigenvalue weighted by molar-refractivity contribution is 0.0906. The zero-order valence-electron chi connectivity index (χ0n) is 15.2. The van der Waals surface area contributed by atoms with E-state index in [-0.39, 0.29) is 0 Å². The van der Waals surface area contributed by atoms with Crippen LogP contribution < -0.4 is 4.74 Å². The van der Waals surface area contributed by atoms with Crippen molar-refractivity contribution in [2.24, 2.45) is 5.92 Å². The molecule has 3 heterocycles. The molecule has 1 unspecified atom stereocenters. The van der Waals surface area contributed by atoms with E-state index in [1.807, 2.05) is 0 Å². The number of rotatable bonds is 2. The molecule has 2 aromatic carbocycles. The van der Waals surface area contributed by atoms with Gasteiger partial charge in [-0.1, -0.05) is 24.3 Å². The summed E-state index contributed by atoms with van der Waals surface area (Å²) < 4.78 is 5.55. The molecule has 6 rings (SSSR count). The maximum absolute atomic E-state index is 5.55. The van der Waals surface area contributed by atoms with Crippen molar-refractivity contribution < 1.29 is 4.74 Å². The number of hydrogen-bond acceptors (Lipinski definition) is 2. The molecule has 1 fully saturated rings. The molecule has 3 nitrogen and oxygen atoms in total. The lowest BCUT2D eigenvalue weighted by Gasteiger charge is -2.46. The molecule has 0 radical (unpaired) electrons. The van der Waals surface area contributed by atoms with E-state index in [2.05, 4.69) is 52.3 Å². The number of nitrogens with one attached hydrogen (secondary N) is 1. The van der Waals surface area contributed by atoms with Gasteiger partial charge in [-0.3, -0.25) is 4.90 Å². The van der Waals surface area contributed by atoms with Gasteiger partial charge in [-0.25, -0.2) is 0 Å². The van der Waals surface area contributed by atoms with Crippen LogP contribution in [0.5, 0.6) is 5.75 Å². The molecule has 0 spiro atoms. The standard InChI is InChI=1S/C23H24N2O/c1-26-16-9-8-14-10-11-25-21(18(14)12-16)13-19-17-4-2-3-5-20(17)24-22(19)23(25)15-6-7-15/h2-5,8-9,12,15,21,23-24H,6-7,10-11,13H2,1H3/t21?,23-/m0/s1. The summed E-state index contributed by atoms with van der Waals surface area (Å²) in [4.78, 5) is 6.59. The van der Waals surface area contributed by atoms with Crippen molar-refractivity contribution in [3.8, 4) is 5.75 Å². The highest BCUT2D eigenvalue weighted by atomic mass is 16.5. The first-order valence-corrected chi connectivity index (χ1v) is 9.85. The summed E-state index contributed by atoms with van der Waals surface area (Å²) in [6.07, 6.45) is 4.98. The third kappa shape index (κ3) is 2.04. The van der Waals surface area contributed by atoms with Crippen LogP contribution in [0.3, 0.4) is 0 Å². The lowest BCUT2D eigenvalue weighted by Crippen LogP contribution is -2.43. The number of benzene rings is 2. The summed E-state index contributed by atoms with van der Waals surface area (Å²) in [7, 11) is 1.77. The second kappa shape index (κ2) is 5.37. The van der Waals surface area contributed by atoms with Gasteiger partial charge in [0.1, 0.15) is 5.75 Å². The highest BCUT2D eigenvalue weighted by Crippen LogP contribution is 2.54. The van der Waals surface area contributed by atoms with Crippen molar-refractivity contribution in [1.82, 2.24) is 9.88 Å². The molecule has 0 amide bonds. The number of ether oxygens (including phenoxy) is 1. The van der Waals surface area contributed by atoms with Crippen LogP contribution in [-0.2, 0) is 12.8 Å². The molecular formula is C23H24N2O. The van der Waals surface area contributed by atoms with Crippen molar-refractivity contribution >= 4 is 10.9 Å². The molecule has 1 N–H and O–H groups in total. The van der Waals surface area contributed by atoms with Gasteiger partial charge in [0, 0.05) is 29.2 Å². The highest BCUT2D eigenvalue weighted by molar-refractivity contribution is 5.85. The van der Waals surface area contributed by atoms with Crippen LogP contribution in [0.1, 0.15) is 47.3 Å². The van der Waals surface area contributed by atoms with E-state index in [0.717, 1.165) is 24.5 Å². The third-order valence-electron chi connectivity index (χ3n) is 6.72. The minimum Gasteiger partial charge on any atom is -0.497 e. The Morgan fingerprint density at radius 2 is 2.00 bits per heavy atom. The fourth-order valence-electron chi connectivity index (χ4n) is 5.35. The predicted octanol–water partition coefficient (Wildman–Crippen LogP) is 4.78. The Balaban J connectivity index is 1.55. The average Bonchev–Trinajstić information content (AvgIpc) is 3.46. The second-order valence-corrected chi connectivity index (χ2v) is 8.12. The number of nitrogens with zero attached hydrogens (tertiary/aromatic N) is 1. The number of para-hydroxylation sites is 1. The largest absolute Gasteiger partial charge is 0.497 e. The Morgan fingerprint density at radius 1 is 1.12 bits per heavy atom. The maximum atomic E-state index is 5.55. The number of H-pyrrole nitrogens is 1. The van der Waals surface area contributed by atoms with E-state index in [9.17, 15) is 0 Å². The van der Waals surface area contributed by atoms with Crippen LogP contribution in [0.4, 0.5) is 0 Å². The molecule has 0 bridgehead atoms. The molecular weight excluding hydrogens is 320 g/mol. The van der Waals surface area contributed by atoms with Crippen LogP contribution in [0.2, 0.25) is 0 Å². The Kier molecular flexibility index (Phi) is 3.07. The Labute approximate surface area is 154 Å². The first-order chi connectivity index (χ1) is 12.8. The van der Waals surface area contributed by atoms with Crippen molar-refractivity contribution in [3.05, 3.63) is 64.8 Å². The van der Waals surface area contributed by atoms with E-state index in [1.54, 1.807) is 12.7 Å². The smallest absolute Gasteiger partial charge is 0.119 e. The molecule has 2 aliphatic heterocycles. The van der Waals surface area contributed by atoms with Gasteiger partial charge in [-0.15, -0.1) is 0 Å². The van der Waals surface area contributed by atoms with Gasteiger partial charge < -0.3 is 9.72 Å². The molecule has 3 aromatic rings. The number of aromatic amines is 1. The Bertz CT molecular complexity index is 1000. The Morgan fingerprint density at radius 3 is 2.85 bits per heavy atom. The van der Waals surface area contributed by atoms with Crippen molar-refractivity contribution in [2.45, 2.75) is 37.8 Å². The molecule has 132 valence electrons. The van der Waals surface area contributed by atoms with Gasteiger partial charge in [0.25, 0.3) is 0 Å². The monoisotopic (exact) mass is 344 g/mol. The van der Waals surface area contributed by atoms with E-state index in [0.29, 0.717) is 12.1 Å². The van der Waals surface area contributed by atoms with Gasteiger partial charge in [-0.05, 0) is 66.5 Å². The molecule has 1 aliphatic carbocycles. The summed E-state index contributed by atoms with van der Waals surface area (Å²) in [5.74, 6) is 1.80. The van der Waals surface area contributed by atoms with Crippen molar-refractivity contribution in [1.29, 1.82) is 0 Å². The van der Waals surface area contributed by atoms with E-state index in [4.69, 9.17) is 4.74 Å². The molecule has 26 heavy (non-hydrogen) atoms. The molecule has 3 aliphatic rings. The van der Waals surface area contributed by atoms with E-state index in [1.165, 1.54) is 47.1 Å². The van der Waals surface area contributed by atoms with Crippen molar-refractivity contribution in [3.63, 3.8) is 0 Å². The summed E-state index contributed by atoms with van der Waals surface area (Å²) in [5.41, 5.74) is 7.33. The molecule has 3 heteroatoms. The first-order valence-electron chi connectivity index (χ1n) is 9.85. The minimum absolute atomic E-state index is 0.478. The van der Waals surface area contributed by atoms with Crippen LogP contribution >= 0.6 is 0 Å². The lowest BCUT2D eigenvalue weighted by atomic mass is 9.81. The van der Waals surface area contributed by atoms with Crippen LogP contribution in [0.25, 0.3) is 10.9 Å². The van der Waals surface area contributed by atoms with Gasteiger partial charge in [-0.2, -0.15) is 0 Å². The third-order valence-corrected chi connectivity index (χ3v) is 6.72. The maximum Gasteiger partial charge on any atom is 0.119 e. The quantitative estimate of drug-likeness (QED) is 0.724. The normalized spacial score (nSPS) is 24.8. The molecule has 1 aromatic heterocycles. The number of methoxy groups -OCH3 is 1. The number of aromatic nitrogens is 1. The number of hydrogen-bond donors (Lipinski definition) is 1. The summed E-state index contributed by atoms with van der Waals surface area (Å²) >= 11 is 0. The van der Waals surface area contributed by atoms with E-state index >= 15 is 0 Å². The predicted molar refractivity (Wildman–Crippen MR) is 104 cm³/mol. The fraction of sp³-hybridized carbons (Fsp3) is 0.391. The Hall–Kier alpha value is -2.26. The fourth-order valence-corrected chi connectivity index (χ4v) is 5.35. The SMILES string of the molecule is COc1ccc2c(c1)C1Cc3c([nH]c4ccccc34)[C@H](C3CC3)N1CC2. The van der Waals surface area contributed by atoms with Gasteiger partial charge in [0.05, 0.1) is 13.2 Å². The van der Waals surface area contributed by atoms with E-state index < -0.39 is 0 Å². The number of fused-ring (bicyclic) bond motifs is 6. The summed E-state index contributed by atoms with van der Waals surface area (Å²) in [5, 5.41) is 1.42. The minimum atomic E-state index is 0.478. The molecule has 1 saturated carbocycles. The zero-order chi connectivity index (χ0) is 17.3. The van der Waals surface area contributed by atoms with Crippen LogP contribution in [0, 0.1) is 5.92 Å². The van der Waals surface area contributed by atoms with Crippen LogP contribution in [-0.4, -0.2) is 23.5 Å². The van der Waals surface area contributed by atoms with Crippen molar-refractivity contribution in [2.75, 3.05) is 13.7 Å². The van der Waals surface area contributed by atoms with Gasteiger partial charge in [0.15, 0.2) is 0 Å². The average molecular weight is 344 g/mol. The summed E-state index contributed by atoms with van der Waals surface area (Å²) in [6, 6.07) is 16.6. The van der Waals surface area contributed by atoms with Gasteiger partial charge in [0.2, 0.25) is 0 Å². The summed E-state index contributed by atoms with van der Waals surface area (Å²) in [6.45, 7) is 1.17.